The van der Waals surface area contributed by atoms with Gasteiger partial charge in [0.1, 0.15) is 17.3 Å². The number of ketones is 1. The molecule has 4 aromatic rings. The van der Waals surface area contributed by atoms with Crippen LogP contribution in [0.2, 0.25) is 10.0 Å². The van der Waals surface area contributed by atoms with E-state index in [1.54, 1.807) is 53.4 Å². The van der Waals surface area contributed by atoms with Crippen molar-refractivity contribution in [3.63, 3.8) is 0 Å². The van der Waals surface area contributed by atoms with Crippen molar-refractivity contribution in [1.82, 2.24) is 15.5 Å². The summed E-state index contributed by atoms with van der Waals surface area (Å²) in [6.45, 7) is 5.99. The van der Waals surface area contributed by atoms with E-state index in [1.807, 2.05) is 25.1 Å². The van der Waals surface area contributed by atoms with Gasteiger partial charge in [0.25, 0.3) is 5.91 Å². The molecule has 0 bridgehead atoms. The number of hydrogen-bond donors (Lipinski definition) is 4. The van der Waals surface area contributed by atoms with Gasteiger partial charge in [-0.2, -0.15) is 0 Å². The minimum atomic E-state index is -1.35. The molecule has 1 saturated carbocycles. The van der Waals surface area contributed by atoms with Gasteiger partial charge in [-0.15, -0.1) is 0 Å². The molecule has 4 N–H and O–H groups in total. The monoisotopic (exact) mass is 899 g/mol. The molecule has 4 aliphatic heterocycles. The standard InChI is InChI=1S/C51H48Cl2FN5O5/c1-29-26-33(20-21-34(29)42(60)17-7-4-3-6-12-31-13-10-14-35-37(31)28-59(48(35)63)41-23-18-30(2)55-46(41)61)56-47(62)45-43(36-15-11-16-39(53)44(36)54)51(50(58-45)24-8-5-9-25-50)38-22-19-32(52)27-40(38)57-49(51)64/h10-11,13-16,19-22,26-27,41,43,45,58H,2-5,7-9,17-18,23-25,28H2,1H3,(H,55,61)(H,56,62)(H,57,64)/t41?,43-,45?,51+/m0/s1. The molecule has 10 nitrogen and oxygen atoms in total. The van der Waals surface area contributed by atoms with Crippen LogP contribution in [0, 0.1) is 24.6 Å². The van der Waals surface area contributed by atoms with Crippen molar-refractivity contribution in [1.29, 1.82) is 0 Å². The van der Waals surface area contributed by atoms with Gasteiger partial charge in [0.05, 0.1) is 11.1 Å². The van der Waals surface area contributed by atoms with Gasteiger partial charge >= 0.3 is 0 Å². The summed E-state index contributed by atoms with van der Waals surface area (Å²) in [4.78, 5) is 70.3. The fourth-order valence-corrected chi connectivity index (χ4v) is 11.4. The maximum Gasteiger partial charge on any atom is 0.255 e. The highest BCUT2D eigenvalue weighted by Gasteiger charge is 2.72. The molecule has 1 aliphatic carbocycles. The lowest BCUT2D eigenvalue weighted by atomic mass is 9.55. The summed E-state index contributed by atoms with van der Waals surface area (Å²) in [5.74, 6) is 3.62. The molecule has 13 heteroatoms. The molecule has 2 saturated heterocycles. The summed E-state index contributed by atoms with van der Waals surface area (Å²) < 4.78 is 16.3. The third kappa shape index (κ3) is 7.39. The zero-order valence-corrected chi connectivity index (χ0v) is 37.0. The number of fused-ring (bicyclic) bond motifs is 4. The van der Waals surface area contributed by atoms with Crippen molar-refractivity contribution < 1.29 is 28.4 Å². The van der Waals surface area contributed by atoms with Crippen LogP contribution in [0.1, 0.15) is 125 Å². The van der Waals surface area contributed by atoms with Crippen LogP contribution < -0.4 is 21.3 Å². The van der Waals surface area contributed by atoms with Gasteiger partial charge in [-0.25, -0.2) is 4.39 Å². The Morgan fingerprint density at radius 2 is 1.77 bits per heavy atom. The van der Waals surface area contributed by atoms with Gasteiger partial charge in [0.15, 0.2) is 5.78 Å². The molecule has 9 rings (SSSR count). The number of anilines is 2. The third-order valence-electron chi connectivity index (χ3n) is 14.0. The Morgan fingerprint density at radius 1 is 0.969 bits per heavy atom. The van der Waals surface area contributed by atoms with Crippen LogP contribution in [0.5, 0.6) is 0 Å². The lowest BCUT2D eigenvalue weighted by Gasteiger charge is -2.47. The van der Waals surface area contributed by atoms with E-state index in [4.69, 9.17) is 23.2 Å². The van der Waals surface area contributed by atoms with Gasteiger partial charge in [0.2, 0.25) is 17.7 Å². The van der Waals surface area contributed by atoms with Gasteiger partial charge in [-0.3, -0.25) is 29.3 Å². The lowest BCUT2D eigenvalue weighted by molar-refractivity contribution is -0.126. The number of benzene rings is 4. The highest BCUT2D eigenvalue weighted by Crippen LogP contribution is 2.63. The molecule has 4 atom stereocenters. The second-order valence-corrected chi connectivity index (χ2v) is 18.5. The SMILES string of the molecule is C=C1CCC(N2Cc3c(C#CCCCCC(=O)c4ccc(NC(=O)C5NC6(CCCCC6)[C@@]6(C(=O)Nc7cc(Cl)ccc76)[C@H]5c5cccc(Cl)c5F)cc4C)cccc3C2=O)C(=O)N1. The zero-order valence-electron chi connectivity index (χ0n) is 35.5. The molecule has 4 amide bonds. The van der Waals surface area contributed by atoms with E-state index in [0.29, 0.717) is 102 Å². The normalized spacial score (nSPS) is 23.1. The second-order valence-electron chi connectivity index (χ2n) is 17.7. The number of rotatable bonds is 9. The molecule has 2 unspecified atom stereocenters. The Balaban J connectivity index is 0.876. The van der Waals surface area contributed by atoms with E-state index >= 15 is 4.39 Å². The van der Waals surface area contributed by atoms with E-state index in [9.17, 15) is 24.0 Å². The number of Topliss-reactive ketones (excluding diaryl/α,β-unsaturated/α-hetero) is 1. The topological polar surface area (TPSA) is 137 Å². The summed E-state index contributed by atoms with van der Waals surface area (Å²) in [5, 5.41) is 12.9. The molecule has 328 valence electrons. The number of halogens is 3. The third-order valence-corrected chi connectivity index (χ3v) is 14.5. The van der Waals surface area contributed by atoms with Crippen molar-refractivity contribution in [2.45, 2.75) is 113 Å². The number of allylic oxidation sites excluding steroid dienone is 1. The maximum absolute atomic E-state index is 16.3. The molecule has 64 heavy (non-hydrogen) atoms. The molecule has 3 fully saturated rings. The first-order chi connectivity index (χ1) is 30.8. The van der Waals surface area contributed by atoms with Crippen LogP contribution in [-0.2, 0) is 26.3 Å². The van der Waals surface area contributed by atoms with Crippen LogP contribution in [0.15, 0.2) is 85.1 Å². The summed E-state index contributed by atoms with van der Waals surface area (Å²) in [5.41, 5.74) is 3.69. The first-order valence-electron chi connectivity index (χ1n) is 22.0. The minimum Gasteiger partial charge on any atom is -0.329 e. The summed E-state index contributed by atoms with van der Waals surface area (Å²) in [6, 6.07) is 19.0. The van der Waals surface area contributed by atoms with Crippen LogP contribution in [0.4, 0.5) is 15.8 Å². The molecular formula is C51H48Cl2FN5O5. The molecule has 0 aromatic heterocycles. The number of piperidine rings is 1. The fraction of sp³-hybridized carbons (Fsp3) is 0.353. The van der Waals surface area contributed by atoms with Crippen LogP contribution in [-0.4, -0.2) is 51.9 Å². The van der Waals surface area contributed by atoms with Crippen molar-refractivity contribution >= 4 is 64.0 Å². The number of nitrogens with one attached hydrogen (secondary N) is 4. The average molecular weight is 901 g/mol. The van der Waals surface area contributed by atoms with Crippen LogP contribution >= 0.6 is 23.2 Å². The Kier molecular flexibility index (Phi) is 11.7. The quantitative estimate of drug-likeness (QED) is 0.0752. The van der Waals surface area contributed by atoms with Gasteiger partial charge in [0, 0.05) is 69.6 Å². The number of unbranched alkanes of at least 4 members (excludes halogenated alkanes) is 2. The van der Waals surface area contributed by atoms with E-state index in [0.717, 1.165) is 30.4 Å². The van der Waals surface area contributed by atoms with E-state index < -0.39 is 40.7 Å². The number of aryl methyl sites for hydroxylation is 1. The highest BCUT2D eigenvalue weighted by molar-refractivity contribution is 6.31. The molecule has 5 aliphatic rings. The van der Waals surface area contributed by atoms with Crippen molar-refractivity contribution in [3.8, 4) is 11.8 Å². The Hall–Kier alpha value is -5.80. The lowest BCUT2D eigenvalue weighted by Crippen LogP contribution is -2.60. The number of carbonyl (C=O) groups is 5. The number of hydrogen-bond acceptors (Lipinski definition) is 6. The van der Waals surface area contributed by atoms with Crippen molar-refractivity contribution in [2.24, 2.45) is 0 Å². The predicted octanol–water partition coefficient (Wildman–Crippen LogP) is 9.27. The summed E-state index contributed by atoms with van der Waals surface area (Å²) in [6.07, 6.45) is 7.17. The Morgan fingerprint density at radius 3 is 2.55 bits per heavy atom. The first-order valence-corrected chi connectivity index (χ1v) is 22.8. The fourth-order valence-electron chi connectivity index (χ4n) is 11.1. The summed E-state index contributed by atoms with van der Waals surface area (Å²) >= 11 is 12.8. The average Bonchev–Trinajstić information content (AvgIpc) is 3.87. The van der Waals surface area contributed by atoms with Crippen LogP contribution in [0.3, 0.4) is 0 Å². The molecule has 0 radical (unpaired) electrons. The van der Waals surface area contributed by atoms with E-state index in [-0.39, 0.29) is 34.1 Å². The Bertz CT molecular complexity index is 2720. The van der Waals surface area contributed by atoms with E-state index in [1.165, 1.54) is 6.07 Å². The minimum absolute atomic E-state index is 0.0284. The molecule has 4 aromatic carbocycles. The largest absolute Gasteiger partial charge is 0.329 e. The molecule has 4 heterocycles. The highest BCUT2D eigenvalue weighted by atomic mass is 35.5. The molecular weight excluding hydrogens is 852 g/mol. The Labute approximate surface area is 381 Å². The van der Waals surface area contributed by atoms with Crippen molar-refractivity contribution in [3.05, 3.63) is 140 Å². The summed E-state index contributed by atoms with van der Waals surface area (Å²) in [7, 11) is 0. The van der Waals surface area contributed by atoms with Crippen molar-refractivity contribution in [2.75, 3.05) is 10.6 Å². The number of nitrogens with zero attached hydrogens (tertiary/aromatic N) is 1. The zero-order chi connectivity index (χ0) is 44.9. The van der Waals surface area contributed by atoms with E-state index in [2.05, 4.69) is 39.7 Å². The predicted molar refractivity (Wildman–Crippen MR) is 245 cm³/mol. The second kappa shape index (κ2) is 17.3. The van der Waals surface area contributed by atoms with Gasteiger partial charge in [-0.1, -0.05) is 85.1 Å². The molecule has 2 spiro atoms. The van der Waals surface area contributed by atoms with Gasteiger partial charge < -0.3 is 20.9 Å². The number of carbonyl (C=O) groups excluding carboxylic acids is 5. The van der Waals surface area contributed by atoms with Gasteiger partial charge in [-0.05, 0) is 116 Å². The van der Waals surface area contributed by atoms with Crippen LogP contribution in [0.25, 0.3) is 0 Å². The first kappa shape index (κ1) is 43.5. The maximum atomic E-state index is 16.3. The number of amides is 4. The smallest absolute Gasteiger partial charge is 0.255 e.